The minimum Gasteiger partial charge on any atom is -0.302 e. The van der Waals surface area contributed by atoms with Crippen molar-refractivity contribution < 1.29 is 13.2 Å². The van der Waals surface area contributed by atoms with E-state index in [9.17, 15) is 13.2 Å². The Morgan fingerprint density at radius 1 is 1.30 bits per heavy atom. The number of carbonyl (C=O) groups excluding carboxylic acids is 1. The van der Waals surface area contributed by atoms with Crippen LogP contribution >= 0.6 is 11.3 Å². The SMILES string of the molecule is CCc1ccc(S(=O)(=O)N2CCc3nc(NC(=O)C4CCC4)sc3C2)cc1. The molecule has 144 valence electrons. The second kappa shape index (κ2) is 7.33. The van der Waals surface area contributed by atoms with E-state index in [2.05, 4.69) is 10.3 Å². The molecule has 0 atom stereocenters. The molecule has 1 saturated carbocycles. The maximum absolute atomic E-state index is 13.0. The average Bonchev–Trinajstić information content (AvgIpc) is 3.01. The maximum Gasteiger partial charge on any atom is 0.243 e. The summed E-state index contributed by atoms with van der Waals surface area (Å²) in [6.07, 6.45) is 4.44. The first-order chi connectivity index (χ1) is 13.0. The third kappa shape index (κ3) is 3.66. The molecule has 1 N–H and O–H groups in total. The molecule has 6 nitrogen and oxygen atoms in total. The number of thiazole rings is 1. The molecule has 0 saturated heterocycles. The highest BCUT2D eigenvalue weighted by Gasteiger charge is 2.31. The van der Waals surface area contributed by atoms with Crippen LogP contribution in [0.15, 0.2) is 29.2 Å². The standard InChI is InChI=1S/C19H23N3O3S2/c1-2-13-6-8-15(9-7-13)27(24,25)22-11-10-16-17(12-22)26-19(20-16)21-18(23)14-4-3-5-14/h6-9,14H,2-5,10-12H2,1H3,(H,20,21,23). The Hall–Kier alpha value is -1.77. The lowest BCUT2D eigenvalue weighted by molar-refractivity contribution is -0.122. The summed E-state index contributed by atoms with van der Waals surface area (Å²) in [4.78, 5) is 17.9. The zero-order chi connectivity index (χ0) is 19.0. The predicted molar refractivity (Wildman–Crippen MR) is 105 cm³/mol. The Balaban J connectivity index is 1.49. The largest absolute Gasteiger partial charge is 0.302 e. The van der Waals surface area contributed by atoms with Crippen LogP contribution < -0.4 is 5.32 Å². The molecule has 2 aromatic rings. The van der Waals surface area contributed by atoms with Gasteiger partial charge in [0.1, 0.15) is 0 Å². The number of rotatable bonds is 5. The molecule has 8 heteroatoms. The lowest BCUT2D eigenvalue weighted by atomic mass is 9.85. The summed E-state index contributed by atoms with van der Waals surface area (Å²) in [5.74, 6) is 0.140. The van der Waals surface area contributed by atoms with Gasteiger partial charge in [0, 0.05) is 23.8 Å². The van der Waals surface area contributed by atoms with E-state index in [0.29, 0.717) is 29.5 Å². The zero-order valence-electron chi connectivity index (χ0n) is 15.3. The van der Waals surface area contributed by atoms with Crippen molar-refractivity contribution in [3.63, 3.8) is 0 Å². The molecular weight excluding hydrogens is 382 g/mol. The van der Waals surface area contributed by atoms with E-state index >= 15 is 0 Å². The van der Waals surface area contributed by atoms with Crippen molar-refractivity contribution in [2.75, 3.05) is 11.9 Å². The van der Waals surface area contributed by atoms with Gasteiger partial charge in [-0.3, -0.25) is 4.79 Å². The number of amides is 1. The fourth-order valence-corrected chi connectivity index (χ4v) is 5.87. The van der Waals surface area contributed by atoms with Gasteiger partial charge >= 0.3 is 0 Å². The van der Waals surface area contributed by atoms with Gasteiger partial charge in [-0.25, -0.2) is 13.4 Å². The fraction of sp³-hybridized carbons (Fsp3) is 0.474. The summed E-state index contributed by atoms with van der Waals surface area (Å²) < 4.78 is 27.4. The number of hydrogen-bond donors (Lipinski definition) is 1. The van der Waals surface area contributed by atoms with Crippen LogP contribution in [0.25, 0.3) is 0 Å². The smallest absolute Gasteiger partial charge is 0.243 e. The number of aromatic nitrogens is 1. The summed E-state index contributed by atoms with van der Waals surface area (Å²) in [5, 5.41) is 3.49. The van der Waals surface area contributed by atoms with Crippen molar-refractivity contribution in [1.82, 2.24) is 9.29 Å². The van der Waals surface area contributed by atoms with Crippen LogP contribution in [0.3, 0.4) is 0 Å². The highest BCUT2D eigenvalue weighted by atomic mass is 32.2. The number of nitrogens with zero attached hydrogens (tertiary/aromatic N) is 2. The molecule has 1 aliphatic heterocycles. The highest BCUT2D eigenvalue weighted by molar-refractivity contribution is 7.89. The van der Waals surface area contributed by atoms with Crippen LogP contribution in [0.1, 0.15) is 42.3 Å². The van der Waals surface area contributed by atoms with Crippen LogP contribution in [-0.4, -0.2) is 30.2 Å². The molecule has 2 heterocycles. The Morgan fingerprint density at radius 2 is 2.04 bits per heavy atom. The molecule has 0 spiro atoms. The molecule has 2 aliphatic rings. The topological polar surface area (TPSA) is 79.4 Å². The summed E-state index contributed by atoms with van der Waals surface area (Å²) >= 11 is 1.39. The van der Waals surface area contributed by atoms with Gasteiger partial charge < -0.3 is 5.32 Å². The third-order valence-corrected chi connectivity index (χ3v) is 8.23. The van der Waals surface area contributed by atoms with Crippen molar-refractivity contribution in [1.29, 1.82) is 0 Å². The highest BCUT2D eigenvalue weighted by Crippen LogP contribution is 2.33. The van der Waals surface area contributed by atoms with E-state index in [1.54, 1.807) is 12.1 Å². The van der Waals surface area contributed by atoms with Gasteiger partial charge in [0.2, 0.25) is 15.9 Å². The Labute approximate surface area is 163 Å². The minimum atomic E-state index is -3.53. The molecule has 0 unspecified atom stereocenters. The van der Waals surface area contributed by atoms with Crippen LogP contribution in [0.4, 0.5) is 5.13 Å². The van der Waals surface area contributed by atoms with Crippen molar-refractivity contribution in [3.8, 4) is 0 Å². The summed E-state index contributed by atoms with van der Waals surface area (Å²) in [6, 6.07) is 7.09. The van der Waals surface area contributed by atoms with E-state index in [1.165, 1.54) is 15.6 Å². The molecular formula is C19H23N3O3S2. The lowest BCUT2D eigenvalue weighted by Crippen LogP contribution is -2.35. The molecule has 1 amide bonds. The molecule has 1 fully saturated rings. The number of carbonyl (C=O) groups is 1. The number of benzene rings is 1. The van der Waals surface area contributed by atoms with Gasteiger partial charge in [0.05, 0.1) is 17.1 Å². The normalized spacial score (nSPS) is 18.0. The summed E-state index contributed by atoms with van der Waals surface area (Å²) in [5.41, 5.74) is 2.01. The number of anilines is 1. The van der Waals surface area contributed by atoms with Gasteiger partial charge in [-0.2, -0.15) is 4.31 Å². The number of hydrogen-bond acceptors (Lipinski definition) is 5. The number of sulfonamides is 1. The van der Waals surface area contributed by atoms with E-state index < -0.39 is 10.0 Å². The maximum atomic E-state index is 13.0. The molecule has 27 heavy (non-hydrogen) atoms. The molecule has 0 radical (unpaired) electrons. The molecule has 1 aromatic heterocycles. The van der Waals surface area contributed by atoms with Crippen LogP contribution in [0, 0.1) is 5.92 Å². The van der Waals surface area contributed by atoms with E-state index in [-0.39, 0.29) is 11.8 Å². The van der Waals surface area contributed by atoms with Gasteiger partial charge in [0.25, 0.3) is 0 Å². The summed E-state index contributed by atoms with van der Waals surface area (Å²) in [6.45, 7) is 2.76. The monoisotopic (exact) mass is 405 g/mol. The fourth-order valence-electron chi connectivity index (χ4n) is 3.35. The van der Waals surface area contributed by atoms with Crippen LogP contribution in [0.5, 0.6) is 0 Å². The van der Waals surface area contributed by atoms with Crippen molar-refractivity contribution in [2.24, 2.45) is 5.92 Å². The second-order valence-electron chi connectivity index (χ2n) is 7.09. The van der Waals surface area contributed by atoms with Crippen molar-refractivity contribution in [2.45, 2.75) is 50.5 Å². The van der Waals surface area contributed by atoms with E-state index in [0.717, 1.165) is 41.8 Å². The van der Waals surface area contributed by atoms with Crippen LogP contribution in [0.2, 0.25) is 0 Å². The predicted octanol–water partition coefficient (Wildman–Crippen LogP) is 3.19. The first-order valence-corrected chi connectivity index (χ1v) is 11.6. The molecule has 0 bridgehead atoms. The Bertz CT molecular complexity index is 947. The van der Waals surface area contributed by atoms with Crippen LogP contribution in [-0.2, 0) is 34.2 Å². The first-order valence-electron chi connectivity index (χ1n) is 9.36. The van der Waals surface area contributed by atoms with Crippen molar-refractivity contribution in [3.05, 3.63) is 40.4 Å². The van der Waals surface area contributed by atoms with E-state index in [1.807, 2.05) is 19.1 Å². The Morgan fingerprint density at radius 3 is 2.67 bits per heavy atom. The summed E-state index contributed by atoms with van der Waals surface area (Å²) in [7, 11) is -3.53. The first kappa shape index (κ1) is 18.6. The molecule has 1 aliphatic carbocycles. The molecule has 4 rings (SSSR count). The quantitative estimate of drug-likeness (QED) is 0.828. The van der Waals surface area contributed by atoms with Gasteiger partial charge in [0.15, 0.2) is 5.13 Å². The van der Waals surface area contributed by atoms with Gasteiger partial charge in [-0.1, -0.05) is 25.5 Å². The third-order valence-electron chi connectivity index (χ3n) is 5.37. The average molecular weight is 406 g/mol. The van der Waals surface area contributed by atoms with Gasteiger partial charge in [-0.15, -0.1) is 11.3 Å². The molecule has 1 aromatic carbocycles. The zero-order valence-corrected chi connectivity index (χ0v) is 16.9. The minimum absolute atomic E-state index is 0.0350. The number of aryl methyl sites for hydroxylation is 1. The van der Waals surface area contributed by atoms with E-state index in [4.69, 9.17) is 0 Å². The number of nitrogens with one attached hydrogen (secondary N) is 1. The Kier molecular flexibility index (Phi) is 5.05. The van der Waals surface area contributed by atoms with Gasteiger partial charge in [-0.05, 0) is 37.0 Å². The number of fused-ring (bicyclic) bond motifs is 1. The lowest BCUT2D eigenvalue weighted by Gasteiger charge is -2.25. The van der Waals surface area contributed by atoms with Crippen molar-refractivity contribution >= 4 is 32.4 Å². The second-order valence-corrected chi connectivity index (χ2v) is 10.1.